The van der Waals surface area contributed by atoms with Crippen molar-refractivity contribution in [2.75, 3.05) is 41.2 Å². The third kappa shape index (κ3) is 3.13. The maximum Gasteiger partial charge on any atom is 0.231 e. The number of benzene rings is 2. The third-order valence-electron chi connectivity index (χ3n) is 7.28. The number of likely N-dealkylation sites (tertiary alicyclic amines) is 1. The lowest BCUT2D eigenvalue weighted by Gasteiger charge is -2.50. The van der Waals surface area contributed by atoms with Crippen molar-refractivity contribution in [3.63, 3.8) is 0 Å². The predicted molar refractivity (Wildman–Crippen MR) is 120 cm³/mol. The monoisotopic (exact) mass is 441 g/mol. The van der Waals surface area contributed by atoms with Crippen LogP contribution in [0.25, 0.3) is 0 Å². The van der Waals surface area contributed by atoms with Crippen molar-refractivity contribution in [3.8, 4) is 34.5 Å². The standard InChI is InChI=1S/C25H31NO6/c1-15-23(16-10-21(27-3)24(29-5)22(11-16)28-4)17-12-19-20(31-14-30-19)13-18(17)32-25(15,2)26-8-6-7-9-26/h10-13,15,23H,6-9,14H2,1-5H3/t15-,23-,25-/m0/s1. The number of hydrogen-bond donors (Lipinski definition) is 0. The molecule has 7 heteroatoms. The molecule has 3 heterocycles. The predicted octanol–water partition coefficient (Wildman–Crippen LogP) is 4.41. The molecule has 3 atom stereocenters. The Hall–Kier alpha value is -2.80. The van der Waals surface area contributed by atoms with Crippen LogP contribution in [0.5, 0.6) is 34.5 Å². The summed E-state index contributed by atoms with van der Waals surface area (Å²) >= 11 is 0. The van der Waals surface area contributed by atoms with Crippen molar-refractivity contribution in [1.29, 1.82) is 0 Å². The van der Waals surface area contributed by atoms with Crippen LogP contribution in [0.4, 0.5) is 0 Å². The first kappa shape index (κ1) is 21.1. The van der Waals surface area contributed by atoms with E-state index < -0.39 is 5.72 Å². The van der Waals surface area contributed by atoms with E-state index in [1.54, 1.807) is 21.3 Å². The van der Waals surface area contributed by atoms with E-state index in [4.69, 9.17) is 28.4 Å². The Bertz CT molecular complexity index is 993. The van der Waals surface area contributed by atoms with Gasteiger partial charge in [-0.15, -0.1) is 0 Å². The quantitative estimate of drug-likeness (QED) is 0.681. The number of methoxy groups -OCH3 is 3. The second-order valence-corrected chi connectivity index (χ2v) is 8.82. The molecule has 0 aromatic heterocycles. The molecule has 2 aromatic carbocycles. The first-order chi connectivity index (χ1) is 15.5. The van der Waals surface area contributed by atoms with Crippen LogP contribution in [0.15, 0.2) is 24.3 Å². The summed E-state index contributed by atoms with van der Waals surface area (Å²) in [6, 6.07) is 8.13. The first-order valence-electron chi connectivity index (χ1n) is 11.2. The Kier molecular flexibility index (Phi) is 5.24. The zero-order valence-corrected chi connectivity index (χ0v) is 19.4. The Morgan fingerprint density at radius 3 is 2.09 bits per heavy atom. The van der Waals surface area contributed by atoms with Crippen LogP contribution in [0.2, 0.25) is 0 Å². The zero-order valence-electron chi connectivity index (χ0n) is 19.4. The van der Waals surface area contributed by atoms with E-state index in [0.29, 0.717) is 17.2 Å². The van der Waals surface area contributed by atoms with Crippen molar-refractivity contribution in [3.05, 3.63) is 35.4 Å². The second kappa shape index (κ2) is 7.96. The largest absolute Gasteiger partial charge is 0.493 e. The Morgan fingerprint density at radius 2 is 1.50 bits per heavy atom. The topological polar surface area (TPSA) is 58.6 Å². The summed E-state index contributed by atoms with van der Waals surface area (Å²) in [7, 11) is 4.92. The summed E-state index contributed by atoms with van der Waals surface area (Å²) < 4.78 is 35.0. The molecule has 1 saturated heterocycles. The molecule has 5 rings (SSSR count). The van der Waals surface area contributed by atoms with Crippen molar-refractivity contribution < 1.29 is 28.4 Å². The van der Waals surface area contributed by atoms with Crippen LogP contribution in [0.1, 0.15) is 43.7 Å². The lowest BCUT2D eigenvalue weighted by molar-refractivity contribution is -0.114. The third-order valence-corrected chi connectivity index (χ3v) is 7.28. The van der Waals surface area contributed by atoms with Crippen molar-refractivity contribution in [2.45, 2.75) is 38.3 Å². The molecular weight excluding hydrogens is 410 g/mol. The summed E-state index contributed by atoms with van der Waals surface area (Å²) in [6.07, 6.45) is 2.38. The minimum Gasteiger partial charge on any atom is -0.493 e. The van der Waals surface area contributed by atoms with E-state index in [9.17, 15) is 0 Å². The molecule has 0 N–H and O–H groups in total. The molecule has 0 amide bonds. The van der Waals surface area contributed by atoms with Gasteiger partial charge in [0.2, 0.25) is 12.5 Å². The molecule has 2 aromatic rings. The van der Waals surface area contributed by atoms with Crippen molar-refractivity contribution >= 4 is 0 Å². The van der Waals surface area contributed by atoms with Gasteiger partial charge in [-0.1, -0.05) is 6.92 Å². The normalized spacial score (nSPS) is 26.4. The molecule has 32 heavy (non-hydrogen) atoms. The number of hydrogen-bond acceptors (Lipinski definition) is 7. The van der Waals surface area contributed by atoms with Crippen LogP contribution < -0.4 is 28.4 Å². The highest BCUT2D eigenvalue weighted by atomic mass is 16.7. The van der Waals surface area contributed by atoms with Gasteiger partial charge >= 0.3 is 0 Å². The molecule has 0 bridgehead atoms. The second-order valence-electron chi connectivity index (χ2n) is 8.82. The van der Waals surface area contributed by atoms with Gasteiger partial charge in [-0.05, 0) is 43.5 Å². The van der Waals surface area contributed by atoms with Gasteiger partial charge < -0.3 is 28.4 Å². The van der Waals surface area contributed by atoms with Gasteiger partial charge in [-0.3, -0.25) is 4.90 Å². The molecule has 1 fully saturated rings. The molecular formula is C25H31NO6. The maximum absolute atomic E-state index is 6.75. The van der Waals surface area contributed by atoms with Gasteiger partial charge in [-0.2, -0.15) is 0 Å². The highest BCUT2D eigenvalue weighted by Crippen LogP contribution is 2.54. The maximum atomic E-state index is 6.75. The van der Waals surface area contributed by atoms with Gasteiger partial charge in [0.1, 0.15) is 5.75 Å². The van der Waals surface area contributed by atoms with Crippen LogP contribution in [-0.4, -0.2) is 51.8 Å². The summed E-state index contributed by atoms with van der Waals surface area (Å²) in [5.41, 5.74) is 1.70. The average molecular weight is 442 g/mol. The van der Waals surface area contributed by atoms with Crippen LogP contribution >= 0.6 is 0 Å². The van der Waals surface area contributed by atoms with Crippen molar-refractivity contribution in [2.24, 2.45) is 5.92 Å². The molecule has 0 radical (unpaired) electrons. The highest BCUT2D eigenvalue weighted by molar-refractivity contribution is 5.60. The Balaban J connectivity index is 1.70. The lowest BCUT2D eigenvalue weighted by Crippen LogP contribution is -2.57. The molecule has 172 valence electrons. The van der Waals surface area contributed by atoms with Gasteiger partial charge in [0.05, 0.1) is 21.3 Å². The molecule has 3 aliphatic rings. The van der Waals surface area contributed by atoms with Gasteiger partial charge in [-0.25, -0.2) is 0 Å². The van der Waals surface area contributed by atoms with E-state index in [-0.39, 0.29) is 18.6 Å². The fraction of sp³-hybridized carbons (Fsp3) is 0.520. The van der Waals surface area contributed by atoms with Crippen LogP contribution in [0.3, 0.4) is 0 Å². The molecule has 0 saturated carbocycles. The molecule has 0 spiro atoms. The Morgan fingerprint density at radius 1 is 0.875 bits per heavy atom. The molecule has 0 aliphatic carbocycles. The molecule has 7 nitrogen and oxygen atoms in total. The van der Waals surface area contributed by atoms with Crippen LogP contribution in [-0.2, 0) is 0 Å². The smallest absolute Gasteiger partial charge is 0.231 e. The van der Waals surface area contributed by atoms with Gasteiger partial charge in [0.15, 0.2) is 28.7 Å². The minimum absolute atomic E-state index is 0.0348. The number of ether oxygens (including phenoxy) is 6. The molecule has 3 aliphatic heterocycles. The summed E-state index contributed by atoms with van der Waals surface area (Å²) in [5, 5.41) is 0. The number of rotatable bonds is 5. The van der Waals surface area contributed by atoms with E-state index in [0.717, 1.165) is 41.5 Å². The van der Waals surface area contributed by atoms with Crippen LogP contribution in [0, 0.1) is 5.92 Å². The SMILES string of the molecule is COc1cc([C@H]2c3cc4c(cc3O[C@](C)(N3CCCC3)[C@H]2C)OCO4)cc(OC)c1OC. The van der Waals surface area contributed by atoms with E-state index >= 15 is 0 Å². The number of fused-ring (bicyclic) bond motifs is 2. The van der Waals surface area contributed by atoms with E-state index in [1.165, 1.54) is 12.8 Å². The summed E-state index contributed by atoms with van der Waals surface area (Å²) in [5.74, 6) is 4.37. The van der Waals surface area contributed by atoms with Crippen molar-refractivity contribution in [1.82, 2.24) is 4.90 Å². The number of nitrogens with zero attached hydrogens (tertiary/aromatic N) is 1. The lowest BCUT2D eigenvalue weighted by atomic mass is 9.73. The summed E-state index contributed by atoms with van der Waals surface area (Å²) in [6.45, 7) is 6.76. The Labute approximate surface area is 189 Å². The fourth-order valence-electron chi connectivity index (χ4n) is 5.43. The van der Waals surface area contributed by atoms with E-state index in [2.05, 4.69) is 24.8 Å². The zero-order chi connectivity index (χ0) is 22.5. The fourth-order valence-corrected chi connectivity index (χ4v) is 5.43. The first-order valence-corrected chi connectivity index (χ1v) is 11.2. The summed E-state index contributed by atoms with van der Waals surface area (Å²) in [4.78, 5) is 2.47. The minimum atomic E-state index is -0.456. The highest BCUT2D eigenvalue weighted by Gasteiger charge is 2.50. The van der Waals surface area contributed by atoms with Gasteiger partial charge in [0, 0.05) is 36.6 Å². The molecule has 0 unspecified atom stereocenters. The average Bonchev–Trinajstić information content (AvgIpc) is 3.50. The van der Waals surface area contributed by atoms with E-state index in [1.807, 2.05) is 18.2 Å². The van der Waals surface area contributed by atoms with Gasteiger partial charge in [0.25, 0.3) is 0 Å².